The zero-order valence-corrected chi connectivity index (χ0v) is 20.9. The Kier molecular flexibility index (Phi) is 6.05. The van der Waals surface area contributed by atoms with Crippen LogP contribution in [0, 0.1) is 17.2 Å². The topological polar surface area (TPSA) is 23.6 Å². The summed E-state index contributed by atoms with van der Waals surface area (Å²) in [4.78, 5) is 17.2. The molecular weight excluding hydrogens is 468 g/mol. The van der Waals surface area contributed by atoms with Crippen molar-refractivity contribution in [3.63, 3.8) is 0 Å². The van der Waals surface area contributed by atoms with Gasteiger partial charge in [0.05, 0.1) is 5.56 Å². The fourth-order valence-corrected chi connectivity index (χ4v) is 6.68. The third kappa shape index (κ3) is 4.25. The van der Waals surface area contributed by atoms with Gasteiger partial charge in [-0.25, -0.2) is 4.39 Å². The molecule has 0 unspecified atom stereocenters. The summed E-state index contributed by atoms with van der Waals surface area (Å²) >= 11 is 0. The lowest BCUT2D eigenvalue weighted by Gasteiger charge is -2.54. The standard InChI is InChI=1S/C29H32F4N2O/c1-19-17-35(11-10-28(19)9-8-21-6-4-5-7-25(21)28)24-15-27(2,16-24)26(36)34(3)18-20-12-22(29(31,32)33)14-23(30)13-20/h4-9,12-14,19,24H,10-11,15-18H2,1-3H3/t19-,24?,27?,28-/m0/s1. The Morgan fingerprint density at radius 1 is 1.17 bits per heavy atom. The number of carbonyl (C=O) groups excluding carboxylic acids is 1. The number of allylic oxidation sites excluding steroid dienone is 1. The molecule has 1 aliphatic heterocycles. The van der Waals surface area contributed by atoms with Crippen molar-refractivity contribution in [2.45, 2.75) is 57.3 Å². The van der Waals surface area contributed by atoms with Crippen molar-refractivity contribution in [3.05, 3.63) is 76.6 Å². The summed E-state index contributed by atoms with van der Waals surface area (Å²) < 4.78 is 53.0. The Morgan fingerprint density at radius 3 is 2.58 bits per heavy atom. The quantitative estimate of drug-likeness (QED) is 0.462. The molecule has 1 saturated carbocycles. The molecule has 3 nitrogen and oxygen atoms in total. The van der Waals surface area contributed by atoms with Crippen molar-refractivity contribution in [1.82, 2.24) is 9.80 Å². The van der Waals surface area contributed by atoms with E-state index in [1.54, 1.807) is 7.05 Å². The molecule has 36 heavy (non-hydrogen) atoms. The number of halogens is 4. The maximum absolute atomic E-state index is 13.8. The van der Waals surface area contributed by atoms with E-state index in [4.69, 9.17) is 0 Å². The van der Waals surface area contributed by atoms with Gasteiger partial charge in [-0.3, -0.25) is 9.69 Å². The minimum absolute atomic E-state index is 0.0606. The summed E-state index contributed by atoms with van der Waals surface area (Å²) in [6.45, 7) is 6.11. The van der Waals surface area contributed by atoms with Gasteiger partial charge in [0.15, 0.2) is 0 Å². The van der Waals surface area contributed by atoms with Crippen LogP contribution in [0.25, 0.3) is 6.08 Å². The SMILES string of the molecule is C[C@H]1CN(C2CC(C)(C(=O)N(C)Cc3cc(F)cc(C(F)(F)F)c3)C2)CC[C@@]12C=Cc1ccccc12. The van der Waals surface area contributed by atoms with Gasteiger partial charge in [-0.05, 0) is 66.6 Å². The number of likely N-dealkylation sites (tertiary alicyclic amines) is 1. The Labute approximate surface area is 209 Å². The number of rotatable bonds is 4. The molecule has 0 bridgehead atoms. The molecule has 2 atom stereocenters. The zero-order chi connectivity index (χ0) is 25.9. The van der Waals surface area contributed by atoms with Crippen LogP contribution in [0.5, 0.6) is 0 Å². The van der Waals surface area contributed by atoms with Crippen molar-refractivity contribution in [2.75, 3.05) is 20.1 Å². The number of carbonyl (C=O) groups is 1. The Balaban J connectivity index is 1.20. The first-order valence-electron chi connectivity index (χ1n) is 12.6. The van der Waals surface area contributed by atoms with E-state index >= 15 is 0 Å². The van der Waals surface area contributed by atoms with Gasteiger partial charge < -0.3 is 4.90 Å². The van der Waals surface area contributed by atoms with E-state index in [-0.39, 0.29) is 23.4 Å². The van der Waals surface area contributed by atoms with Crippen LogP contribution in [0.4, 0.5) is 17.6 Å². The third-order valence-electron chi connectivity index (χ3n) is 8.68. The van der Waals surface area contributed by atoms with Gasteiger partial charge in [-0.1, -0.05) is 50.3 Å². The lowest BCUT2D eigenvalue weighted by atomic mass is 9.63. The average Bonchev–Trinajstić information content (AvgIpc) is 3.17. The van der Waals surface area contributed by atoms with Crippen molar-refractivity contribution in [1.29, 1.82) is 0 Å². The molecule has 1 heterocycles. The third-order valence-corrected chi connectivity index (χ3v) is 8.68. The van der Waals surface area contributed by atoms with Crippen molar-refractivity contribution in [2.24, 2.45) is 11.3 Å². The van der Waals surface area contributed by atoms with E-state index in [0.717, 1.165) is 44.5 Å². The van der Waals surface area contributed by atoms with Crippen LogP contribution in [0.1, 0.15) is 55.4 Å². The van der Waals surface area contributed by atoms with E-state index < -0.39 is 23.0 Å². The van der Waals surface area contributed by atoms with Crippen molar-refractivity contribution >= 4 is 12.0 Å². The summed E-state index contributed by atoms with van der Waals surface area (Å²) in [5, 5.41) is 0. The molecule has 1 amide bonds. The maximum atomic E-state index is 13.8. The molecule has 3 aliphatic rings. The number of hydrogen-bond acceptors (Lipinski definition) is 2. The first-order valence-corrected chi connectivity index (χ1v) is 12.6. The van der Waals surface area contributed by atoms with Crippen LogP contribution < -0.4 is 0 Å². The molecule has 192 valence electrons. The predicted molar refractivity (Wildman–Crippen MR) is 132 cm³/mol. The molecule has 5 rings (SSSR count). The highest BCUT2D eigenvalue weighted by molar-refractivity contribution is 5.83. The first kappa shape index (κ1) is 25.0. The number of piperidine rings is 1. The number of benzene rings is 2. The van der Waals surface area contributed by atoms with E-state index in [1.807, 2.05) is 6.92 Å². The second kappa shape index (κ2) is 8.72. The summed E-state index contributed by atoms with van der Waals surface area (Å²) in [6.07, 6.45) is 2.47. The summed E-state index contributed by atoms with van der Waals surface area (Å²) in [5.74, 6) is -0.606. The number of fused-ring (bicyclic) bond motifs is 2. The van der Waals surface area contributed by atoms with Gasteiger partial charge in [0.1, 0.15) is 5.82 Å². The Hall–Kier alpha value is -2.67. The minimum atomic E-state index is -4.63. The van der Waals surface area contributed by atoms with Gasteiger partial charge in [0.2, 0.25) is 5.91 Å². The highest BCUT2D eigenvalue weighted by Crippen LogP contribution is 2.50. The fraction of sp³-hybridized carbons (Fsp3) is 0.483. The largest absolute Gasteiger partial charge is 0.416 e. The maximum Gasteiger partial charge on any atom is 0.416 e. The smallest absolute Gasteiger partial charge is 0.341 e. The number of alkyl halides is 3. The monoisotopic (exact) mass is 500 g/mol. The predicted octanol–water partition coefficient (Wildman–Crippen LogP) is 6.28. The fourth-order valence-electron chi connectivity index (χ4n) is 6.68. The van der Waals surface area contributed by atoms with Gasteiger partial charge in [-0.15, -0.1) is 0 Å². The first-order chi connectivity index (χ1) is 16.9. The van der Waals surface area contributed by atoms with Crippen LogP contribution >= 0.6 is 0 Å². The van der Waals surface area contributed by atoms with Gasteiger partial charge in [0, 0.05) is 37.0 Å². The van der Waals surface area contributed by atoms with E-state index in [1.165, 1.54) is 16.0 Å². The molecule has 2 fully saturated rings. The molecule has 1 spiro atoms. The lowest BCUT2D eigenvalue weighted by Crippen LogP contribution is -2.59. The average molecular weight is 501 g/mol. The molecule has 0 aromatic heterocycles. The second-order valence-corrected chi connectivity index (χ2v) is 11.2. The van der Waals surface area contributed by atoms with Crippen LogP contribution in [0.15, 0.2) is 48.5 Å². The second-order valence-electron chi connectivity index (χ2n) is 11.2. The molecule has 0 radical (unpaired) electrons. The number of nitrogens with zero attached hydrogens (tertiary/aromatic N) is 2. The van der Waals surface area contributed by atoms with Crippen LogP contribution in [0.2, 0.25) is 0 Å². The summed E-state index contributed by atoms with van der Waals surface area (Å²) in [5.41, 5.74) is 1.35. The van der Waals surface area contributed by atoms with Crippen LogP contribution in [-0.4, -0.2) is 41.9 Å². The zero-order valence-electron chi connectivity index (χ0n) is 20.9. The van der Waals surface area contributed by atoms with Gasteiger partial charge >= 0.3 is 6.18 Å². The lowest BCUT2D eigenvalue weighted by molar-refractivity contribution is -0.150. The van der Waals surface area contributed by atoms with Gasteiger partial charge in [-0.2, -0.15) is 13.2 Å². The molecule has 2 aromatic rings. The normalized spacial score (nSPS) is 29.8. The summed E-state index contributed by atoms with van der Waals surface area (Å²) in [6, 6.07) is 11.4. The Bertz CT molecular complexity index is 1200. The van der Waals surface area contributed by atoms with Crippen molar-refractivity contribution in [3.8, 4) is 0 Å². The van der Waals surface area contributed by atoms with Crippen LogP contribution in [0.3, 0.4) is 0 Å². The minimum Gasteiger partial charge on any atom is -0.341 e. The van der Waals surface area contributed by atoms with E-state index in [2.05, 4.69) is 48.2 Å². The van der Waals surface area contributed by atoms with Gasteiger partial charge in [0.25, 0.3) is 0 Å². The summed E-state index contributed by atoms with van der Waals surface area (Å²) in [7, 11) is 1.58. The van der Waals surface area contributed by atoms with Crippen molar-refractivity contribution < 1.29 is 22.4 Å². The van der Waals surface area contributed by atoms with Crippen LogP contribution in [-0.2, 0) is 22.9 Å². The molecule has 2 aliphatic carbocycles. The highest BCUT2D eigenvalue weighted by Gasteiger charge is 2.52. The number of amides is 1. The van der Waals surface area contributed by atoms with E-state index in [0.29, 0.717) is 18.0 Å². The molecule has 1 saturated heterocycles. The molecular formula is C29H32F4N2O. The molecule has 7 heteroatoms. The number of hydrogen-bond donors (Lipinski definition) is 0. The highest BCUT2D eigenvalue weighted by atomic mass is 19.4. The van der Waals surface area contributed by atoms with E-state index in [9.17, 15) is 22.4 Å². The molecule has 2 aromatic carbocycles. The molecule has 0 N–H and O–H groups in total. The Morgan fingerprint density at radius 2 is 1.89 bits per heavy atom.